The summed E-state index contributed by atoms with van der Waals surface area (Å²) in [4.78, 5) is 15.2. The fourth-order valence-electron chi connectivity index (χ4n) is 2.87. The fraction of sp³-hybridized carbons (Fsp3) is 0.0952. The molecule has 35 heavy (non-hydrogen) atoms. The van der Waals surface area contributed by atoms with E-state index in [0.29, 0.717) is 5.01 Å². The number of nitrogens with one attached hydrogen (secondary N) is 1. The number of aromatic nitrogens is 1. The maximum atomic E-state index is 14.6. The first kappa shape index (κ1) is 23.5. The quantitative estimate of drug-likeness (QED) is 0.292. The van der Waals surface area contributed by atoms with E-state index in [4.69, 9.17) is 10.00 Å². The van der Waals surface area contributed by atoms with Crippen LogP contribution in [0.2, 0.25) is 0 Å². The second kappa shape index (κ2) is 8.60. The van der Waals surface area contributed by atoms with Crippen LogP contribution in [0, 0.1) is 23.0 Å². The number of fused-ring (bicyclic) bond motifs is 1. The van der Waals surface area contributed by atoms with Gasteiger partial charge >= 0.3 is 12.2 Å². The predicted molar refractivity (Wildman–Crippen MR) is 105 cm³/mol. The summed E-state index contributed by atoms with van der Waals surface area (Å²) < 4.78 is 95.9. The molecule has 8 nitrogen and oxygen atoms in total. The van der Waals surface area contributed by atoms with Gasteiger partial charge in [0.2, 0.25) is 6.41 Å². The van der Waals surface area contributed by atoms with E-state index in [1.807, 2.05) is 0 Å². The molecule has 0 radical (unpaired) electrons. The van der Waals surface area contributed by atoms with Crippen molar-refractivity contribution in [2.24, 2.45) is 0 Å². The molecule has 14 heteroatoms. The number of benzene rings is 2. The van der Waals surface area contributed by atoms with Crippen LogP contribution in [0.5, 0.6) is 23.0 Å². The van der Waals surface area contributed by atoms with Crippen LogP contribution in [0.3, 0.4) is 0 Å². The maximum Gasteiger partial charge on any atom is 0.507 e. The number of anilines is 2. The Morgan fingerprint density at radius 1 is 0.971 bits per heavy atom. The topological polar surface area (TPSA) is 96.7 Å². The summed E-state index contributed by atoms with van der Waals surface area (Å²) in [5, 5.41) is 9.34. The van der Waals surface area contributed by atoms with Gasteiger partial charge in [-0.3, -0.25) is 10.2 Å². The Kier molecular flexibility index (Phi) is 5.77. The highest BCUT2D eigenvalue weighted by atomic mass is 19.3. The number of rotatable bonds is 6. The van der Waals surface area contributed by atoms with E-state index in [1.165, 1.54) is 18.3 Å². The number of hydrogen-bond donors (Lipinski definition) is 1. The summed E-state index contributed by atoms with van der Waals surface area (Å²) in [5.74, 6) is -4.24. The summed E-state index contributed by atoms with van der Waals surface area (Å²) >= 11 is 0. The zero-order valence-electron chi connectivity index (χ0n) is 16.9. The second-order valence-electron chi connectivity index (χ2n) is 6.81. The smallest absolute Gasteiger partial charge is 0.457 e. The Morgan fingerprint density at radius 2 is 1.63 bits per heavy atom. The van der Waals surface area contributed by atoms with Crippen LogP contribution in [0.15, 0.2) is 48.7 Å². The Morgan fingerprint density at radius 3 is 2.26 bits per heavy atom. The molecular formula is C21H10F6N4O4. The SMILES string of the molecule is N#Cc1cc(Oc2cc(F)c(NN(C=O)c3ccc4c(c3)OC(F)(F)C(F)(F)O4)c(F)c2)ccn1. The second-order valence-corrected chi connectivity index (χ2v) is 6.81. The first-order valence-corrected chi connectivity index (χ1v) is 9.35. The van der Waals surface area contributed by atoms with Gasteiger partial charge in [0.1, 0.15) is 28.9 Å². The third-order valence-electron chi connectivity index (χ3n) is 4.46. The van der Waals surface area contributed by atoms with Gasteiger partial charge < -0.3 is 14.2 Å². The third kappa shape index (κ3) is 4.56. The molecule has 0 unspecified atom stereocenters. The lowest BCUT2D eigenvalue weighted by molar-refractivity contribution is -0.391. The number of carbonyl (C=O) groups excluding carboxylic acids is 1. The van der Waals surface area contributed by atoms with E-state index in [2.05, 4.69) is 19.9 Å². The number of ether oxygens (including phenoxy) is 3. The summed E-state index contributed by atoms with van der Waals surface area (Å²) in [6, 6.07) is 8.40. The molecular weight excluding hydrogens is 486 g/mol. The number of amides is 1. The lowest BCUT2D eigenvalue weighted by Gasteiger charge is -2.32. The van der Waals surface area contributed by atoms with Crippen molar-refractivity contribution in [1.82, 2.24) is 4.98 Å². The first-order chi connectivity index (χ1) is 16.5. The largest absolute Gasteiger partial charge is 0.507 e. The molecule has 1 aliphatic rings. The molecule has 2 aromatic carbocycles. The molecule has 0 spiro atoms. The third-order valence-corrected chi connectivity index (χ3v) is 4.46. The predicted octanol–water partition coefficient (Wildman–Crippen LogP) is 4.97. The van der Waals surface area contributed by atoms with Gasteiger partial charge in [-0.25, -0.2) is 18.8 Å². The molecule has 2 heterocycles. The minimum absolute atomic E-state index is 0.00395. The average molecular weight is 496 g/mol. The standard InChI is InChI=1S/C21H10F6N4O4/c22-15-7-14(33-13-3-4-29-11(5-13)9-28)8-16(23)19(15)30-31(10-32)12-1-2-17-18(6-12)35-21(26,27)20(24,25)34-17/h1-8,10,30H. The monoisotopic (exact) mass is 496 g/mol. The molecule has 180 valence electrons. The summed E-state index contributed by atoms with van der Waals surface area (Å²) in [7, 11) is 0. The van der Waals surface area contributed by atoms with Crippen molar-refractivity contribution in [3.63, 3.8) is 0 Å². The Balaban J connectivity index is 1.57. The molecule has 0 atom stereocenters. The molecule has 0 fully saturated rings. The number of hydrazine groups is 1. The number of nitriles is 1. The van der Waals surface area contributed by atoms with Crippen LogP contribution in [-0.2, 0) is 4.79 Å². The molecule has 0 saturated carbocycles. The molecule has 1 amide bonds. The van der Waals surface area contributed by atoms with Crippen molar-refractivity contribution in [2.45, 2.75) is 12.2 Å². The van der Waals surface area contributed by atoms with Gasteiger partial charge in [0.05, 0.1) is 5.69 Å². The molecule has 1 N–H and O–H groups in total. The molecule has 0 saturated heterocycles. The summed E-state index contributed by atoms with van der Waals surface area (Å²) in [5.41, 5.74) is 0.981. The van der Waals surface area contributed by atoms with Gasteiger partial charge in [-0.05, 0) is 18.2 Å². The molecule has 3 aromatic rings. The van der Waals surface area contributed by atoms with E-state index in [-0.39, 0.29) is 29.3 Å². The fourth-order valence-corrected chi connectivity index (χ4v) is 2.87. The van der Waals surface area contributed by atoms with Crippen LogP contribution >= 0.6 is 0 Å². The van der Waals surface area contributed by atoms with Crippen molar-refractivity contribution >= 4 is 17.8 Å². The van der Waals surface area contributed by atoms with E-state index in [1.54, 1.807) is 6.07 Å². The number of hydrogen-bond acceptors (Lipinski definition) is 7. The Bertz CT molecular complexity index is 1320. The lowest BCUT2D eigenvalue weighted by Crippen LogP contribution is -2.52. The maximum absolute atomic E-state index is 14.6. The van der Waals surface area contributed by atoms with Crippen molar-refractivity contribution in [3.05, 3.63) is 66.0 Å². The van der Waals surface area contributed by atoms with Crippen LogP contribution < -0.4 is 24.6 Å². The highest BCUT2D eigenvalue weighted by Crippen LogP contribution is 2.47. The van der Waals surface area contributed by atoms with Gasteiger partial charge in [0.15, 0.2) is 23.1 Å². The van der Waals surface area contributed by atoms with Gasteiger partial charge in [0.25, 0.3) is 0 Å². The van der Waals surface area contributed by atoms with Gasteiger partial charge in [-0.15, -0.1) is 0 Å². The summed E-state index contributed by atoms with van der Waals surface area (Å²) in [6.45, 7) is 0. The lowest BCUT2D eigenvalue weighted by atomic mass is 10.2. The first-order valence-electron chi connectivity index (χ1n) is 9.35. The van der Waals surface area contributed by atoms with Crippen LogP contribution in [0.25, 0.3) is 0 Å². The van der Waals surface area contributed by atoms with Crippen molar-refractivity contribution in [3.8, 4) is 29.1 Å². The number of halogens is 6. The molecule has 1 aliphatic heterocycles. The highest BCUT2D eigenvalue weighted by Gasteiger charge is 2.66. The zero-order valence-corrected chi connectivity index (χ0v) is 16.9. The van der Waals surface area contributed by atoms with E-state index in [9.17, 15) is 31.1 Å². The van der Waals surface area contributed by atoms with Crippen LogP contribution in [0.4, 0.5) is 37.7 Å². The van der Waals surface area contributed by atoms with Crippen molar-refractivity contribution < 1.29 is 45.3 Å². The number of carbonyl (C=O) groups is 1. The van der Waals surface area contributed by atoms with Crippen molar-refractivity contribution in [2.75, 3.05) is 10.4 Å². The minimum Gasteiger partial charge on any atom is -0.457 e. The van der Waals surface area contributed by atoms with Gasteiger partial charge in [0, 0.05) is 30.5 Å². The van der Waals surface area contributed by atoms with Crippen LogP contribution in [0.1, 0.15) is 5.69 Å². The van der Waals surface area contributed by atoms with Crippen LogP contribution in [-0.4, -0.2) is 23.6 Å². The van der Waals surface area contributed by atoms with E-state index >= 15 is 0 Å². The number of nitrogens with zero attached hydrogens (tertiary/aromatic N) is 3. The molecule has 4 rings (SSSR count). The normalized spacial score (nSPS) is 15.0. The zero-order chi connectivity index (χ0) is 25.4. The molecule has 0 aliphatic carbocycles. The van der Waals surface area contributed by atoms with Gasteiger partial charge in [-0.1, -0.05) is 0 Å². The summed E-state index contributed by atoms with van der Waals surface area (Å²) in [6.07, 6.45) is -8.65. The minimum atomic E-state index is -5.01. The molecule has 1 aromatic heterocycles. The highest BCUT2D eigenvalue weighted by molar-refractivity contribution is 5.80. The van der Waals surface area contributed by atoms with E-state index in [0.717, 1.165) is 30.3 Å². The van der Waals surface area contributed by atoms with E-state index < -0.39 is 41.0 Å². The van der Waals surface area contributed by atoms with Crippen molar-refractivity contribution in [1.29, 1.82) is 5.26 Å². The van der Waals surface area contributed by atoms with Gasteiger partial charge in [-0.2, -0.15) is 22.8 Å². The Labute approximate surface area is 191 Å². The number of pyridine rings is 1. The number of alkyl halides is 4. The average Bonchev–Trinajstić information content (AvgIpc) is 2.79. The molecule has 0 bridgehead atoms. The Hall–Kier alpha value is -4.67.